The highest BCUT2D eigenvalue weighted by molar-refractivity contribution is 14.0. The molecule has 0 aromatic rings. The molecule has 4 nitrogen and oxygen atoms in total. The molecular weight excluding hydrogens is 365 g/mol. The third-order valence-corrected chi connectivity index (χ3v) is 4.52. The summed E-state index contributed by atoms with van der Waals surface area (Å²) in [6.07, 6.45) is 6.95. The van der Waals surface area contributed by atoms with Crippen LogP contribution < -0.4 is 5.32 Å². The molecule has 0 amide bonds. The van der Waals surface area contributed by atoms with Crippen molar-refractivity contribution in [3.8, 4) is 0 Å². The molecule has 0 unspecified atom stereocenters. The van der Waals surface area contributed by atoms with Crippen LogP contribution in [0.2, 0.25) is 0 Å². The summed E-state index contributed by atoms with van der Waals surface area (Å²) >= 11 is 0. The minimum absolute atomic E-state index is 0. The van der Waals surface area contributed by atoms with E-state index in [1.807, 2.05) is 0 Å². The van der Waals surface area contributed by atoms with Crippen molar-refractivity contribution >= 4 is 29.9 Å². The highest BCUT2D eigenvalue weighted by Gasteiger charge is 2.29. The van der Waals surface area contributed by atoms with Gasteiger partial charge in [-0.05, 0) is 38.0 Å². The van der Waals surface area contributed by atoms with Gasteiger partial charge in [-0.2, -0.15) is 0 Å². The van der Waals surface area contributed by atoms with E-state index in [4.69, 9.17) is 4.99 Å². The van der Waals surface area contributed by atoms with E-state index >= 15 is 0 Å². The molecule has 2 aliphatic rings. The lowest BCUT2D eigenvalue weighted by molar-refractivity contribution is 0.108. The number of guanidine groups is 1. The number of halogens is 1. The number of aliphatic hydroxyl groups is 1. The zero-order valence-corrected chi connectivity index (χ0v) is 15.2. The second-order valence-electron chi connectivity index (χ2n) is 6.41. The maximum Gasteiger partial charge on any atom is 0.193 e. The third-order valence-electron chi connectivity index (χ3n) is 4.52. The quantitative estimate of drug-likeness (QED) is 0.439. The Labute approximate surface area is 140 Å². The number of nitrogens with zero attached hydrogens (tertiary/aromatic N) is 2. The van der Waals surface area contributed by atoms with Crippen LogP contribution in [0.4, 0.5) is 0 Å². The van der Waals surface area contributed by atoms with Crippen LogP contribution in [-0.4, -0.2) is 48.2 Å². The fraction of sp³-hybridized carbons (Fsp3) is 0.933. The van der Waals surface area contributed by atoms with E-state index in [1.54, 1.807) is 0 Å². The summed E-state index contributed by atoms with van der Waals surface area (Å²) in [4.78, 5) is 7.17. The van der Waals surface area contributed by atoms with E-state index in [2.05, 4.69) is 24.1 Å². The van der Waals surface area contributed by atoms with Gasteiger partial charge in [-0.25, -0.2) is 0 Å². The first-order valence-corrected chi connectivity index (χ1v) is 7.84. The normalized spacial score (nSPS) is 23.6. The van der Waals surface area contributed by atoms with Crippen molar-refractivity contribution in [1.82, 2.24) is 10.2 Å². The first-order chi connectivity index (χ1) is 9.13. The fourth-order valence-electron chi connectivity index (χ4n) is 3.16. The minimum Gasteiger partial charge on any atom is -0.393 e. The Balaban J connectivity index is 0.00000200. The lowest BCUT2D eigenvalue weighted by Crippen LogP contribution is -2.47. The number of hydrogen-bond donors (Lipinski definition) is 2. The van der Waals surface area contributed by atoms with Crippen LogP contribution in [0.3, 0.4) is 0 Å². The molecule has 0 spiro atoms. The monoisotopic (exact) mass is 395 g/mol. The van der Waals surface area contributed by atoms with E-state index in [0.717, 1.165) is 45.0 Å². The summed E-state index contributed by atoms with van der Waals surface area (Å²) in [6, 6.07) is 0. The van der Waals surface area contributed by atoms with Crippen molar-refractivity contribution in [3.63, 3.8) is 0 Å². The van der Waals surface area contributed by atoms with Crippen LogP contribution in [0.1, 0.15) is 52.4 Å². The van der Waals surface area contributed by atoms with Crippen LogP contribution >= 0.6 is 24.0 Å². The number of nitrogens with one attached hydrogen (secondary N) is 1. The predicted molar refractivity (Wildman–Crippen MR) is 94.8 cm³/mol. The van der Waals surface area contributed by atoms with Crippen molar-refractivity contribution in [2.24, 2.45) is 10.4 Å². The van der Waals surface area contributed by atoms with Crippen LogP contribution in [0, 0.1) is 5.41 Å². The summed E-state index contributed by atoms with van der Waals surface area (Å²) in [6.45, 7) is 8.18. The van der Waals surface area contributed by atoms with E-state index in [-0.39, 0.29) is 30.1 Å². The molecule has 2 N–H and O–H groups in total. The second kappa shape index (κ2) is 8.41. The SMILES string of the molecule is CCNC(=NCC1(C)CCCC1)N1CCC(O)CC1.I. The number of rotatable bonds is 3. The highest BCUT2D eigenvalue weighted by Crippen LogP contribution is 2.37. The average Bonchev–Trinajstić information content (AvgIpc) is 2.83. The Kier molecular flexibility index (Phi) is 7.58. The third kappa shape index (κ3) is 5.06. The molecule has 1 aliphatic heterocycles. The Morgan fingerprint density at radius 2 is 1.90 bits per heavy atom. The van der Waals surface area contributed by atoms with Gasteiger partial charge in [0.25, 0.3) is 0 Å². The van der Waals surface area contributed by atoms with Gasteiger partial charge < -0.3 is 15.3 Å². The van der Waals surface area contributed by atoms with Crippen molar-refractivity contribution < 1.29 is 5.11 Å². The Bertz CT molecular complexity index is 308. The lowest BCUT2D eigenvalue weighted by Gasteiger charge is -2.33. The molecule has 20 heavy (non-hydrogen) atoms. The first-order valence-electron chi connectivity index (χ1n) is 7.84. The lowest BCUT2D eigenvalue weighted by atomic mass is 9.89. The molecule has 0 bridgehead atoms. The van der Waals surface area contributed by atoms with Gasteiger partial charge in [0, 0.05) is 26.2 Å². The van der Waals surface area contributed by atoms with Gasteiger partial charge in [0.15, 0.2) is 5.96 Å². The number of likely N-dealkylation sites (tertiary alicyclic amines) is 1. The van der Waals surface area contributed by atoms with E-state index < -0.39 is 0 Å². The van der Waals surface area contributed by atoms with Gasteiger partial charge in [0.05, 0.1) is 6.10 Å². The van der Waals surface area contributed by atoms with Crippen molar-refractivity contribution in [3.05, 3.63) is 0 Å². The molecule has 118 valence electrons. The van der Waals surface area contributed by atoms with Crippen LogP contribution in [-0.2, 0) is 0 Å². The second-order valence-corrected chi connectivity index (χ2v) is 6.41. The van der Waals surface area contributed by atoms with Crippen molar-refractivity contribution in [2.75, 3.05) is 26.2 Å². The summed E-state index contributed by atoms with van der Waals surface area (Å²) in [5.74, 6) is 1.04. The molecule has 0 aromatic carbocycles. The van der Waals surface area contributed by atoms with E-state index in [1.165, 1.54) is 25.7 Å². The number of aliphatic imine (C=N–C) groups is 1. The largest absolute Gasteiger partial charge is 0.393 e. The number of piperidine rings is 1. The van der Waals surface area contributed by atoms with Gasteiger partial charge in [0.1, 0.15) is 0 Å². The summed E-state index contributed by atoms with van der Waals surface area (Å²) in [5.41, 5.74) is 0.413. The molecule has 5 heteroatoms. The van der Waals surface area contributed by atoms with Crippen LogP contribution in [0.5, 0.6) is 0 Å². The van der Waals surface area contributed by atoms with Gasteiger partial charge >= 0.3 is 0 Å². The van der Waals surface area contributed by atoms with E-state index in [9.17, 15) is 5.11 Å². The average molecular weight is 395 g/mol. The van der Waals surface area contributed by atoms with Gasteiger partial charge in [0.2, 0.25) is 0 Å². The van der Waals surface area contributed by atoms with Crippen LogP contribution in [0.15, 0.2) is 4.99 Å². The Morgan fingerprint density at radius 3 is 2.45 bits per heavy atom. The zero-order chi connectivity index (χ0) is 13.7. The molecule has 1 saturated heterocycles. The first kappa shape index (κ1) is 18.0. The molecule has 1 heterocycles. The molecule has 0 atom stereocenters. The van der Waals surface area contributed by atoms with Crippen molar-refractivity contribution in [2.45, 2.75) is 58.5 Å². The topological polar surface area (TPSA) is 47.9 Å². The number of hydrogen-bond acceptors (Lipinski definition) is 2. The maximum absolute atomic E-state index is 9.60. The van der Waals surface area contributed by atoms with Gasteiger partial charge in [-0.1, -0.05) is 19.8 Å². The molecule has 0 radical (unpaired) electrons. The van der Waals surface area contributed by atoms with E-state index in [0.29, 0.717) is 5.41 Å². The minimum atomic E-state index is -0.119. The Morgan fingerprint density at radius 1 is 1.30 bits per heavy atom. The molecule has 1 aliphatic carbocycles. The van der Waals surface area contributed by atoms with Gasteiger partial charge in [-0.15, -0.1) is 24.0 Å². The number of aliphatic hydroxyl groups excluding tert-OH is 1. The smallest absolute Gasteiger partial charge is 0.193 e. The predicted octanol–water partition coefficient (Wildman–Crippen LogP) is 2.61. The zero-order valence-electron chi connectivity index (χ0n) is 12.9. The summed E-state index contributed by atoms with van der Waals surface area (Å²) in [7, 11) is 0. The summed E-state index contributed by atoms with van der Waals surface area (Å²) < 4.78 is 0. The molecule has 0 aromatic heterocycles. The Hall–Kier alpha value is -0.0400. The highest BCUT2D eigenvalue weighted by atomic mass is 127. The van der Waals surface area contributed by atoms with Crippen LogP contribution in [0.25, 0.3) is 0 Å². The summed E-state index contributed by atoms with van der Waals surface area (Å²) in [5, 5.41) is 13.0. The molecule has 2 fully saturated rings. The standard InChI is InChI=1S/C15H29N3O.HI/c1-3-16-14(18-10-6-13(19)7-11-18)17-12-15(2)8-4-5-9-15;/h13,19H,3-12H2,1-2H3,(H,16,17);1H. The molecular formula is C15H30IN3O. The maximum atomic E-state index is 9.60. The fourth-order valence-corrected chi connectivity index (χ4v) is 3.16. The van der Waals surface area contributed by atoms with Gasteiger partial charge in [-0.3, -0.25) is 4.99 Å². The molecule has 1 saturated carbocycles. The van der Waals surface area contributed by atoms with Crippen molar-refractivity contribution in [1.29, 1.82) is 0 Å². The molecule has 2 rings (SSSR count).